The number of halogens is 2. The van der Waals surface area contributed by atoms with Crippen LogP contribution >= 0.6 is 36.6 Å². The van der Waals surface area contributed by atoms with E-state index in [1.165, 1.54) is 0 Å². The highest BCUT2D eigenvalue weighted by Crippen LogP contribution is 2.16. The molecule has 0 spiro atoms. The van der Waals surface area contributed by atoms with Crippen molar-refractivity contribution in [2.75, 3.05) is 44.4 Å². The zero-order chi connectivity index (χ0) is 16.9. The van der Waals surface area contributed by atoms with E-state index in [-0.39, 0.29) is 42.9 Å². The maximum absolute atomic E-state index is 12.4. The molecule has 2 aliphatic rings. The van der Waals surface area contributed by atoms with Crippen LogP contribution in [0.4, 0.5) is 0 Å². The molecule has 0 bridgehead atoms. The molecule has 2 atom stereocenters. The highest BCUT2D eigenvalue weighted by molar-refractivity contribution is 7.99. The van der Waals surface area contributed by atoms with E-state index in [4.69, 9.17) is 9.26 Å². The Balaban J connectivity index is 0.00000169. The van der Waals surface area contributed by atoms with Crippen molar-refractivity contribution in [2.24, 2.45) is 0 Å². The van der Waals surface area contributed by atoms with Gasteiger partial charge in [-0.25, -0.2) is 0 Å². The van der Waals surface area contributed by atoms with E-state index in [1.54, 1.807) is 11.8 Å². The quantitative estimate of drug-likeness (QED) is 0.727. The number of ether oxygens (including phenoxy) is 1. The second-order valence-corrected chi connectivity index (χ2v) is 7.05. The van der Waals surface area contributed by atoms with Crippen LogP contribution in [-0.4, -0.2) is 76.3 Å². The SMILES string of the molecule is CCOC(C)c1noc(CN2CCN(C(=O)C3CSCN3)CC2)n1.Cl.Cl. The van der Waals surface area contributed by atoms with E-state index in [9.17, 15) is 4.79 Å². The molecule has 0 aromatic carbocycles. The summed E-state index contributed by atoms with van der Waals surface area (Å²) in [5.41, 5.74) is 0. The number of nitrogens with zero attached hydrogens (tertiary/aromatic N) is 4. The summed E-state index contributed by atoms with van der Waals surface area (Å²) in [6.07, 6.45) is -0.154. The van der Waals surface area contributed by atoms with Crippen LogP contribution in [0.15, 0.2) is 4.52 Å². The Morgan fingerprint density at radius 2 is 2.12 bits per heavy atom. The van der Waals surface area contributed by atoms with Gasteiger partial charge in [0.25, 0.3) is 0 Å². The average Bonchev–Trinajstić information content (AvgIpc) is 3.27. The van der Waals surface area contributed by atoms with E-state index < -0.39 is 0 Å². The van der Waals surface area contributed by atoms with E-state index in [2.05, 4.69) is 20.4 Å². The van der Waals surface area contributed by atoms with Crippen molar-refractivity contribution < 1.29 is 14.1 Å². The molecule has 1 aromatic rings. The number of carbonyl (C=O) groups is 1. The molecule has 11 heteroatoms. The van der Waals surface area contributed by atoms with Gasteiger partial charge >= 0.3 is 0 Å². The summed E-state index contributed by atoms with van der Waals surface area (Å²) < 4.78 is 10.8. The number of piperazine rings is 1. The van der Waals surface area contributed by atoms with Gasteiger partial charge in [0.2, 0.25) is 11.8 Å². The van der Waals surface area contributed by atoms with Crippen molar-refractivity contribution in [3.8, 4) is 0 Å². The first kappa shape index (κ1) is 23.5. The van der Waals surface area contributed by atoms with Gasteiger partial charge in [-0.3, -0.25) is 15.0 Å². The molecule has 3 rings (SSSR count). The normalized spacial score (nSPS) is 21.8. The molecule has 0 saturated carbocycles. The number of amides is 1. The van der Waals surface area contributed by atoms with Crippen molar-refractivity contribution in [1.82, 2.24) is 25.3 Å². The third kappa shape index (κ3) is 5.97. The standard InChI is InChI=1S/C15H25N5O3S.2ClH/c1-3-22-11(2)14-17-13(23-18-14)8-19-4-6-20(7-5-19)15(21)12-9-24-10-16-12;;/h11-12,16H,3-10H2,1-2H3;2*1H. The lowest BCUT2D eigenvalue weighted by Crippen LogP contribution is -2.53. The molecule has 8 nitrogen and oxygen atoms in total. The maximum Gasteiger partial charge on any atom is 0.240 e. The van der Waals surface area contributed by atoms with Gasteiger partial charge < -0.3 is 14.2 Å². The summed E-state index contributed by atoms with van der Waals surface area (Å²) in [5.74, 6) is 3.17. The predicted octanol–water partition coefficient (Wildman–Crippen LogP) is 1.32. The smallest absolute Gasteiger partial charge is 0.240 e. The number of aromatic nitrogens is 2. The molecular formula is C15H27Cl2N5O3S. The minimum atomic E-state index is -0.154. The number of rotatable bonds is 6. The van der Waals surface area contributed by atoms with Gasteiger partial charge in [-0.05, 0) is 13.8 Å². The molecular weight excluding hydrogens is 401 g/mol. The topological polar surface area (TPSA) is 83.7 Å². The molecule has 2 saturated heterocycles. The number of hydrogen-bond acceptors (Lipinski definition) is 8. The van der Waals surface area contributed by atoms with Crippen LogP contribution in [-0.2, 0) is 16.1 Å². The number of nitrogens with one attached hydrogen (secondary N) is 1. The summed E-state index contributed by atoms with van der Waals surface area (Å²) in [5, 5.41) is 7.22. The first-order valence-corrected chi connectivity index (χ1v) is 9.59. The van der Waals surface area contributed by atoms with Crippen molar-refractivity contribution in [3.05, 3.63) is 11.7 Å². The average molecular weight is 428 g/mol. The molecule has 3 heterocycles. The van der Waals surface area contributed by atoms with Crippen LogP contribution in [0, 0.1) is 0 Å². The molecule has 2 aliphatic heterocycles. The Bertz CT molecular complexity index is 551. The van der Waals surface area contributed by atoms with E-state index in [0.29, 0.717) is 24.9 Å². The molecule has 2 unspecified atom stereocenters. The minimum Gasteiger partial charge on any atom is -0.371 e. The van der Waals surface area contributed by atoms with Crippen LogP contribution in [0.5, 0.6) is 0 Å². The van der Waals surface area contributed by atoms with Gasteiger partial charge in [0.1, 0.15) is 6.10 Å². The molecule has 150 valence electrons. The molecule has 0 radical (unpaired) electrons. The van der Waals surface area contributed by atoms with Crippen molar-refractivity contribution >= 4 is 42.5 Å². The van der Waals surface area contributed by atoms with Crippen molar-refractivity contribution in [3.63, 3.8) is 0 Å². The number of carbonyl (C=O) groups excluding carboxylic acids is 1. The highest BCUT2D eigenvalue weighted by atomic mass is 35.5. The van der Waals surface area contributed by atoms with E-state index >= 15 is 0 Å². The molecule has 1 aromatic heterocycles. The summed E-state index contributed by atoms with van der Waals surface area (Å²) in [6, 6.07) is -0.0138. The molecule has 1 amide bonds. The van der Waals surface area contributed by atoms with E-state index in [1.807, 2.05) is 18.7 Å². The predicted molar refractivity (Wildman–Crippen MR) is 105 cm³/mol. The maximum atomic E-state index is 12.4. The van der Waals surface area contributed by atoms with Crippen LogP contribution < -0.4 is 5.32 Å². The van der Waals surface area contributed by atoms with Crippen LogP contribution in [0.25, 0.3) is 0 Å². The second-order valence-electron chi connectivity index (χ2n) is 6.02. The molecule has 0 aliphatic carbocycles. The highest BCUT2D eigenvalue weighted by Gasteiger charge is 2.30. The van der Waals surface area contributed by atoms with Crippen LogP contribution in [0.3, 0.4) is 0 Å². The van der Waals surface area contributed by atoms with Crippen molar-refractivity contribution in [2.45, 2.75) is 32.5 Å². The summed E-state index contributed by atoms with van der Waals surface area (Å²) in [4.78, 5) is 21.0. The first-order valence-electron chi connectivity index (χ1n) is 8.43. The third-order valence-corrected chi connectivity index (χ3v) is 5.26. The largest absolute Gasteiger partial charge is 0.371 e. The Labute approximate surface area is 170 Å². The minimum absolute atomic E-state index is 0. The van der Waals surface area contributed by atoms with Crippen LogP contribution in [0.1, 0.15) is 31.7 Å². The Morgan fingerprint density at radius 1 is 1.38 bits per heavy atom. The van der Waals surface area contributed by atoms with E-state index in [0.717, 1.165) is 37.8 Å². The van der Waals surface area contributed by atoms with Gasteiger partial charge in [-0.15, -0.1) is 36.6 Å². The molecule has 26 heavy (non-hydrogen) atoms. The van der Waals surface area contributed by atoms with Gasteiger partial charge in [-0.1, -0.05) is 5.16 Å². The molecule has 1 N–H and O–H groups in total. The fourth-order valence-electron chi connectivity index (χ4n) is 2.91. The number of hydrogen-bond donors (Lipinski definition) is 1. The third-order valence-electron chi connectivity index (χ3n) is 4.32. The summed E-state index contributed by atoms with van der Waals surface area (Å²) in [7, 11) is 0. The fourth-order valence-corrected chi connectivity index (χ4v) is 3.85. The lowest BCUT2D eigenvalue weighted by atomic mass is 10.2. The number of thioether (sulfide) groups is 1. The lowest BCUT2D eigenvalue weighted by molar-refractivity contribution is -0.134. The monoisotopic (exact) mass is 427 g/mol. The molecule has 2 fully saturated rings. The van der Waals surface area contributed by atoms with Gasteiger partial charge in [0, 0.05) is 44.4 Å². The van der Waals surface area contributed by atoms with Gasteiger partial charge in [0.15, 0.2) is 5.82 Å². The summed E-state index contributed by atoms with van der Waals surface area (Å²) >= 11 is 1.78. The van der Waals surface area contributed by atoms with Crippen LogP contribution in [0.2, 0.25) is 0 Å². The fraction of sp³-hybridized carbons (Fsp3) is 0.800. The zero-order valence-corrected chi connectivity index (χ0v) is 17.5. The Morgan fingerprint density at radius 3 is 2.73 bits per heavy atom. The Kier molecular flexibility index (Phi) is 10.2. The summed E-state index contributed by atoms with van der Waals surface area (Å²) in [6.45, 7) is 8.24. The van der Waals surface area contributed by atoms with Crippen molar-refractivity contribution in [1.29, 1.82) is 0 Å². The second kappa shape index (κ2) is 11.3. The Hall–Kier alpha value is -0.580. The lowest BCUT2D eigenvalue weighted by Gasteiger charge is -2.35. The zero-order valence-electron chi connectivity index (χ0n) is 15.0. The van der Waals surface area contributed by atoms with Gasteiger partial charge in [0.05, 0.1) is 12.6 Å². The first-order chi connectivity index (χ1) is 11.7. The van der Waals surface area contributed by atoms with Gasteiger partial charge in [-0.2, -0.15) is 4.98 Å².